The topological polar surface area (TPSA) is 89.8 Å². The maximum Gasteiger partial charge on any atom is 0.249 e. The first-order chi connectivity index (χ1) is 18.6. The predicted molar refractivity (Wildman–Crippen MR) is 162 cm³/mol. The van der Waals surface area contributed by atoms with Crippen molar-refractivity contribution in [3.05, 3.63) is 0 Å². The molecule has 3 atom stereocenters. The molecule has 0 fully saturated rings. The lowest BCUT2D eigenvalue weighted by atomic mass is 10.0. The monoisotopic (exact) mass is 542 g/mol. The molecule has 0 aliphatic carbocycles. The van der Waals surface area contributed by atoms with Gasteiger partial charge in [-0.3, -0.25) is 4.79 Å². The molecule has 0 bridgehead atoms. The fraction of sp³-hybridized carbons (Fsp3) is 0.970. The Balaban J connectivity index is 3.69. The summed E-state index contributed by atoms with van der Waals surface area (Å²) in [6, 6.07) is -0.702. The molecule has 0 heterocycles. The number of hydrogen-bond acceptors (Lipinski definition) is 4. The number of carbonyl (C=O) groups excluding carboxylic acids is 1. The molecule has 0 aliphatic heterocycles. The van der Waals surface area contributed by atoms with Gasteiger partial charge in [0.1, 0.15) is 6.10 Å². The van der Waals surface area contributed by atoms with Crippen molar-refractivity contribution in [1.82, 2.24) is 5.32 Å². The second-order valence-corrected chi connectivity index (χ2v) is 11.7. The fourth-order valence-corrected chi connectivity index (χ4v) is 5.25. The number of aliphatic hydroxyl groups is 3. The second kappa shape index (κ2) is 29.3. The molecular weight excluding hydrogens is 474 g/mol. The molecule has 0 saturated carbocycles. The van der Waals surface area contributed by atoms with Crippen LogP contribution in [0.15, 0.2) is 0 Å². The number of aliphatic hydroxyl groups excluding tert-OH is 3. The lowest BCUT2D eigenvalue weighted by Crippen LogP contribution is -2.49. The van der Waals surface area contributed by atoms with Crippen LogP contribution >= 0.6 is 0 Å². The maximum atomic E-state index is 12.3. The van der Waals surface area contributed by atoms with Crippen LogP contribution in [0.25, 0.3) is 0 Å². The summed E-state index contributed by atoms with van der Waals surface area (Å²) in [7, 11) is 0. The van der Waals surface area contributed by atoms with Gasteiger partial charge < -0.3 is 20.6 Å². The number of rotatable bonds is 30. The lowest BCUT2D eigenvalue weighted by Gasteiger charge is -2.23. The van der Waals surface area contributed by atoms with Crippen LogP contribution in [0.1, 0.15) is 181 Å². The highest BCUT2D eigenvalue weighted by Crippen LogP contribution is 2.15. The molecule has 0 spiro atoms. The minimum atomic E-state index is -1.06. The van der Waals surface area contributed by atoms with Crippen LogP contribution in [-0.4, -0.2) is 46.1 Å². The zero-order valence-corrected chi connectivity index (χ0v) is 25.6. The third-order valence-electron chi connectivity index (χ3n) is 7.98. The van der Waals surface area contributed by atoms with Crippen molar-refractivity contribution in [3.63, 3.8) is 0 Å². The molecule has 5 nitrogen and oxygen atoms in total. The summed E-state index contributed by atoms with van der Waals surface area (Å²) in [5, 5.41) is 32.9. The van der Waals surface area contributed by atoms with E-state index in [0.29, 0.717) is 12.8 Å². The van der Waals surface area contributed by atoms with Crippen LogP contribution < -0.4 is 5.32 Å². The third-order valence-corrected chi connectivity index (χ3v) is 7.98. The van der Waals surface area contributed by atoms with Gasteiger partial charge in [0.05, 0.1) is 18.8 Å². The summed E-state index contributed by atoms with van der Waals surface area (Å²) < 4.78 is 0. The van der Waals surface area contributed by atoms with E-state index >= 15 is 0 Å². The molecule has 0 aromatic carbocycles. The van der Waals surface area contributed by atoms with Gasteiger partial charge in [-0.05, 0) is 12.8 Å². The van der Waals surface area contributed by atoms with Gasteiger partial charge in [-0.15, -0.1) is 0 Å². The molecule has 3 unspecified atom stereocenters. The van der Waals surface area contributed by atoms with Crippen molar-refractivity contribution in [1.29, 1.82) is 0 Å². The first kappa shape index (κ1) is 37.4. The second-order valence-electron chi connectivity index (χ2n) is 11.7. The zero-order chi connectivity index (χ0) is 28.1. The highest BCUT2D eigenvalue weighted by Gasteiger charge is 2.23. The summed E-state index contributed by atoms with van der Waals surface area (Å²) in [4.78, 5) is 12.3. The van der Waals surface area contributed by atoms with Crippen LogP contribution in [0.3, 0.4) is 0 Å². The molecule has 228 valence electrons. The van der Waals surface area contributed by atoms with E-state index in [1.165, 1.54) is 122 Å². The average molecular weight is 542 g/mol. The summed E-state index contributed by atoms with van der Waals surface area (Å²) in [6.45, 7) is 4.20. The Morgan fingerprint density at radius 1 is 0.526 bits per heavy atom. The van der Waals surface area contributed by atoms with Crippen LogP contribution in [0.4, 0.5) is 0 Å². The van der Waals surface area contributed by atoms with Crippen molar-refractivity contribution in [2.24, 2.45) is 0 Å². The Morgan fingerprint density at radius 3 is 1.18 bits per heavy atom. The van der Waals surface area contributed by atoms with Gasteiger partial charge in [0.2, 0.25) is 5.91 Å². The Hall–Kier alpha value is -0.650. The van der Waals surface area contributed by atoms with Crippen LogP contribution in [0, 0.1) is 0 Å². The molecule has 0 aromatic rings. The minimum absolute atomic E-state index is 0.309. The fourth-order valence-electron chi connectivity index (χ4n) is 5.25. The van der Waals surface area contributed by atoms with Gasteiger partial charge in [-0.25, -0.2) is 0 Å². The van der Waals surface area contributed by atoms with E-state index in [4.69, 9.17) is 0 Å². The van der Waals surface area contributed by atoms with Crippen molar-refractivity contribution in [3.8, 4) is 0 Å². The normalized spacial score (nSPS) is 13.9. The Labute approximate surface area is 237 Å². The highest BCUT2D eigenvalue weighted by atomic mass is 16.3. The minimum Gasteiger partial charge on any atom is -0.394 e. The van der Waals surface area contributed by atoms with E-state index in [0.717, 1.165) is 32.1 Å². The zero-order valence-electron chi connectivity index (χ0n) is 25.6. The van der Waals surface area contributed by atoms with Crippen molar-refractivity contribution in [2.75, 3.05) is 6.61 Å². The van der Waals surface area contributed by atoms with Crippen LogP contribution in [0.2, 0.25) is 0 Å². The van der Waals surface area contributed by atoms with E-state index in [1.54, 1.807) is 0 Å². The van der Waals surface area contributed by atoms with Gasteiger partial charge in [-0.1, -0.05) is 168 Å². The smallest absolute Gasteiger partial charge is 0.249 e. The van der Waals surface area contributed by atoms with Crippen molar-refractivity contribution < 1.29 is 20.1 Å². The van der Waals surface area contributed by atoms with Gasteiger partial charge in [0.15, 0.2) is 0 Å². The number of unbranched alkanes of at least 4 members (excludes halogenated alkanes) is 22. The van der Waals surface area contributed by atoms with E-state index in [-0.39, 0.29) is 6.61 Å². The third kappa shape index (κ3) is 24.4. The predicted octanol–water partition coefficient (Wildman–Crippen LogP) is 8.37. The van der Waals surface area contributed by atoms with Gasteiger partial charge in [-0.2, -0.15) is 0 Å². The molecule has 4 N–H and O–H groups in total. The van der Waals surface area contributed by atoms with E-state index in [2.05, 4.69) is 19.2 Å². The Bertz CT molecular complexity index is 488. The molecule has 0 aromatic heterocycles. The van der Waals surface area contributed by atoms with Crippen molar-refractivity contribution >= 4 is 5.91 Å². The number of hydrogen-bond donors (Lipinski definition) is 4. The van der Waals surface area contributed by atoms with Gasteiger partial charge in [0, 0.05) is 0 Å². The average Bonchev–Trinajstić information content (AvgIpc) is 2.92. The number of nitrogens with one attached hydrogen (secondary N) is 1. The number of carbonyl (C=O) groups is 1. The maximum absolute atomic E-state index is 12.3. The van der Waals surface area contributed by atoms with E-state index in [1.807, 2.05) is 0 Å². The molecule has 0 saturated heterocycles. The Kier molecular flexibility index (Phi) is 28.8. The first-order valence-electron chi connectivity index (χ1n) is 16.8. The summed E-state index contributed by atoms with van der Waals surface area (Å²) >= 11 is 0. The summed E-state index contributed by atoms with van der Waals surface area (Å²) in [6.07, 6.45) is 29.4. The summed E-state index contributed by atoms with van der Waals surface area (Å²) in [5.41, 5.74) is 0. The first-order valence-corrected chi connectivity index (χ1v) is 16.8. The summed E-state index contributed by atoms with van der Waals surface area (Å²) in [5.74, 6) is -0.471. The molecule has 5 heteroatoms. The lowest BCUT2D eigenvalue weighted by molar-refractivity contribution is -0.131. The Morgan fingerprint density at radius 2 is 0.842 bits per heavy atom. The van der Waals surface area contributed by atoms with Crippen LogP contribution in [0.5, 0.6) is 0 Å². The van der Waals surface area contributed by atoms with Crippen LogP contribution in [-0.2, 0) is 4.79 Å². The van der Waals surface area contributed by atoms with Gasteiger partial charge in [0.25, 0.3) is 0 Å². The molecule has 1 amide bonds. The standard InChI is InChI=1S/C33H67NO4/c1-3-5-7-9-11-13-15-16-17-18-20-22-24-26-28-32(37)33(38)34-30(29-35)31(36)27-25-23-21-19-14-12-10-8-6-4-2/h30-32,35-37H,3-29H2,1-2H3,(H,34,38). The quantitative estimate of drug-likeness (QED) is 0.0688. The largest absolute Gasteiger partial charge is 0.394 e. The highest BCUT2D eigenvalue weighted by molar-refractivity contribution is 5.80. The number of amides is 1. The van der Waals surface area contributed by atoms with E-state index < -0.39 is 24.2 Å². The van der Waals surface area contributed by atoms with Crippen molar-refractivity contribution in [2.45, 2.75) is 199 Å². The molecule has 0 radical (unpaired) electrons. The van der Waals surface area contributed by atoms with Gasteiger partial charge >= 0.3 is 0 Å². The molecule has 38 heavy (non-hydrogen) atoms. The van der Waals surface area contributed by atoms with E-state index in [9.17, 15) is 20.1 Å². The molecule has 0 aliphatic rings. The molecular formula is C33H67NO4. The SMILES string of the molecule is CCCCCCCCCCCCCCCCC(O)C(=O)NC(CO)C(O)CCCCCCCCCCCC. The molecule has 0 rings (SSSR count).